The molecule has 0 saturated heterocycles. The molecule has 0 radical (unpaired) electrons. The smallest absolute Gasteiger partial charge is 0.313 e. The highest BCUT2D eigenvalue weighted by atomic mass is 35.5. The summed E-state index contributed by atoms with van der Waals surface area (Å²) in [5, 5.41) is 5.85. The number of anilines is 2. The molecule has 0 saturated carbocycles. The summed E-state index contributed by atoms with van der Waals surface area (Å²) < 4.78 is 0. The number of carbonyl (C=O) groups excluding carboxylic acids is 2. The lowest BCUT2D eigenvalue weighted by Gasteiger charge is -2.23. The van der Waals surface area contributed by atoms with Crippen molar-refractivity contribution < 1.29 is 14.5 Å². The van der Waals surface area contributed by atoms with Crippen molar-refractivity contribution in [2.24, 2.45) is 0 Å². The monoisotopic (exact) mass is 389 g/mol. The van der Waals surface area contributed by atoms with Crippen LogP contribution in [0.25, 0.3) is 0 Å². The number of carbonyl (C=O) groups is 2. The Morgan fingerprint density at radius 1 is 1.00 bits per heavy atom. The summed E-state index contributed by atoms with van der Waals surface area (Å²) in [5.41, 5.74) is 2.73. The predicted octanol–water partition coefficient (Wildman–Crippen LogP) is 1.35. The van der Waals surface area contributed by atoms with Crippen LogP contribution in [0.2, 0.25) is 5.02 Å². The van der Waals surface area contributed by atoms with Gasteiger partial charge in [-0.05, 0) is 36.4 Å². The van der Waals surface area contributed by atoms with E-state index in [1.165, 1.54) is 0 Å². The van der Waals surface area contributed by atoms with Gasteiger partial charge in [-0.3, -0.25) is 9.59 Å². The molecule has 0 aliphatic carbocycles. The maximum atomic E-state index is 12.2. The Morgan fingerprint density at radius 2 is 1.59 bits per heavy atom. The average Bonchev–Trinajstić information content (AvgIpc) is 2.63. The molecule has 2 aromatic rings. The van der Waals surface area contributed by atoms with E-state index in [1.807, 2.05) is 57.4 Å². The van der Waals surface area contributed by atoms with Gasteiger partial charge in [-0.15, -0.1) is 0 Å². The van der Waals surface area contributed by atoms with Crippen molar-refractivity contribution in [3.8, 4) is 0 Å². The van der Waals surface area contributed by atoms with Gasteiger partial charge in [0.05, 0.1) is 20.6 Å². The zero-order valence-corrected chi connectivity index (χ0v) is 16.8. The molecule has 2 rings (SSSR count). The van der Waals surface area contributed by atoms with Crippen LogP contribution in [0.5, 0.6) is 0 Å². The number of quaternary nitrogens is 1. The van der Waals surface area contributed by atoms with Gasteiger partial charge < -0.3 is 20.4 Å². The summed E-state index contributed by atoms with van der Waals surface area (Å²) in [5.74, 6) is -1.37. The number of likely N-dealkylation sites (N-methyl/N-ethyl adjacent to an activating group) is 1. The van der Waals surface area contributed by atoms with Crippen LogP contribution in [0.15, 0.2) is 48.5 Å². The van der Waals surface area contributed by atoms with Gasteiger partial charge >= 0.3 is 11.8 Å². The molecule has 7 heteroatoms. The van der Waals surface area contributed by atoms with E-state index in [0.717, 1.165) is 16.2 Å². The number of hydrogen-bond acceptors (Lipinski definition) is 3. The van der Waals surface area contributed by atoms with E-state index in [9.17, 15) is 9.59 Å². The molecule has 0 aliphatic rings. The lowest BCUT2D eigenvalue weighted by molar-refractivity contribution is -0.890. The average molecular weight is 390 g/mol. The minimum absolute atomic E-state index is 0.0356. The number of halogens is 1. The van der Waals surface area contributed by atoms with Crippen LogP contribution in [0.4, 0.5) is 11.4 Å². The van der Waals surface area contributed by atoms with E-state index < -0.39 is 11.8 Å². The largest absolute Gasteiger partial charge is 0.378 e. The Balaban J connectivity index is 1.97. The van der Waals surface area contributed by atoms with Crippen molar-refractivity contribution in [2.75, 3.05) is 45.0 Å². The highest BCUT2D eigenvalue weighted by Gasteiger charge is 2.21. The fourth-order valence-corrected chi connectivity index (χ4v) is 2.78. The fraction of sp³-hybridized carbons (Fsp3) is 0.300. The molecular formula is C20H26ClN4O2+. The van der Waals surface area contributed by atoms with Gasteiger partial charge in [-0.2, -0.15) is 0 Å². The number of rotatable bonds is 6. The minimum atomic E-state index is -0.701. The van der Waals surface area contributed by atoms with Crippen LogP contribution >= 0.6 is 11.6 Å². The lowest BCUT2D eigenvalue weighted by atomic mass is 10.1. The third-order valence-electron chi connectivity index (χ3n) is 4.28. The van der Waals surface area contributed by atoms with Crippen LogP contribution in [0.1, 0.15) is 11.6 Å². The Kier molecular flexibility index (Phi) is 7.21. The SMILES string of the molecule is CN(C)c1ccc([C@@H](CNC(=O)C(=O)Nc2ccc(Cl)cc2)[NH+](C)C)cc1. The van der Waals surface area contributed by atoms with E-state index in [4.69, 9.17) is 11.6 Å². The summed E-state index contributed by atoms with van der Waals surface area (Å²) in [4.78, 5) is 27.4. The maximum Gasteiger partial charge on any atom is 0.313 e. The summed E-state index contributed by atoms with van der Waals surface area (Å²) in [6, 6.07) is 14.8. The first kappa shape index (κ1) is 20.7. The van der Waals surface area contributed by atoms with Gasteiger partial charge in [0, 0.05) is 36.1 Å². The molecule has 6 nitrogen and oxygen atoms in total. The van der Waals surface area contributed by atoms with Crippen LogP contribution < -0.4 is 20.4 Å². The third kappa shape index (κ3) is 5.98. The molecule has 3 N–H and O–H groups in total. The first-order chi connectivity index (χ1) is 12.8. The molecule has 0 fully saturated rings. The quantitative estimate of drug-likeness (QED) is 0.653. The molecule has 0 aromatic heterocycles. The summed E-state index contributed by atoms with van der Waals surface area (Å²) >= 11 is 5.81. The van der Waals surface area contributed by atoms with E-state index >= 15 is 0 Å². The first-order valence-electron chi connectivity index (χ1n) is 8.70. The number of nitrogens with zero attached hydrogens (tertiary/aromatic N) is 1. The third-order valence-corrected chi connectivity index (χ3v) is 4.54. The second-order valence-electron chi connectivity index (χ2n) is 6.79. The van der Waals surface area contributed by atoms with E-state index in [-0.39, 0.29) is 6.04 Å². The zero-order chi connectivity index (χ0) is 20.0. The Morgan fingerprint density at radius 3 is 2.11 bits per heavy atom. The van der Waals surface area contributed by atoms with Crippen LogP contribution in [0.3, 0.4) is 0 Å². The second-order valence-corrected chi connectivity index (χ2v) is 7.22. The zero-order valence-electron chi connectivity index (χ0n) is 16.0. The molecule has 27 heavy (non-hydrogen) atoms. The topological polar surface area (TPSA) is 65.9 Å². The van der Waals surface area contributed by atoms with E-state index in [1.54, 1.807) is 24.3 Å². The maximum absolute atomic E-state index is 12.2. The van der Waals surface area contributed by atoms with Crippen molar-refractivity contribution in [3.63, 3.8) is 0 Å². The Hall–Kier alpha value is -2.57. The van der Waals surface area contributed by atoms with Gasteiger partial charge in [-0.1, -0.05) is 23.7 Å². The van der Waals surface area contributed by atoms with Crippen LogP contribution in [-0.2, 0) is 9.59 Å². The molecule has 2 amide bonds. The van der Waals surface area contributed by atoms with Crippen molar-refractivity contribution >= 4 is 34.8 Å². The highest BCUT2D eigenvalue weighted by Crippen LogP contribution is 2.16. The number of benzene rings is 2. The number of hydrogen-bond donors (Lipinski definition) is 3. The van der Waals surface area contributed by atoms with Gasteiger partial charge in [0.15, 0.2) is 0 Å². The van der Waals surface area contributed by atoms with Gasteiger partial charge in [0.25, 0.3) is 0 Å². The van der Waals surface area contributed by atoms with E-state index in [2.05, 4.69) is 10.6 Å². The predicted molar refractivity (Wildman–Crippen MR) is 109 cm³/mol. The van der Waals surface area contributed by atoms with Crippen molar-refractivity contribution in [1.29, 1.82) is 0 Å². The number of amides is 2. The van der Waals surface area contributed by atoms with Crippen LogP contribution in [0, 0.1) is 0 Å². The Bertz CT molecular complexity index is 774. The molecule has 0 unspecified atom stereocenters. The van der Waals surface area contributed by atoms with Gasteiger partial charge in [0.1, 0.15) is 6.04 Å². The van der Waals surface area contributed by atoms with Crippen molar-refractivity contribution in [1.82, 2.24) is 5.32 Å². The molecule has 2 aromatic carbocycles. The van der Waals surface area contributed by atoms with E-state index in [0.29, 0.717) is 17.3 Å². The second kappa shape index (κ2) is 9.39. The normalized spacial score (nSPS) is 11.8. The molecule has 0 spiro atoms. The minimum Gasteiger partial charge on any atom is -0.378 e. The highest BCUT2D eigenvalue weighted by molar-refractivity contribution is 6.39. The molecule has 1 atom stereocenters. The first-order valence-corrected chi connectivity index (χ1v) is 9.08. The molecule has 144 valence electrons. The summed E-state index contributed by atoms with van der Waals surface area (Å²) in [6.45, 7) is 0.358. The number of nitrogens with one attached hydrogen (secondary N) is 3. The summed E-state index contributed by atoms with van der Waals surface area (Å²) in [7, 11) is 8.02. The lowest BCUT2D eigenvalue weighted by Crippen LogP contribution is -3.07. The standard InChI is InChI=1S/C20H25ClN4O2/c1-24(2)17-11-5-14(6-12-17)18(25(3)4)13-22-19(26)20(27)23-16-9-7-15(21)8-10-16/h5-12,18H,13H2,1-4H3,(H,22,26)(H,23,27)/p+1/t18-/m1/s1. The van der Waals surface area contributed by atoms with Crippen LogP contribution in [-0.4, -0.2) is 46.5 Å². The fourth-order valence-electron chi connectivity index (χ4n) is 2.66. The summed E-state index contributed by atoms with van der Waals surface area (Å²) in [6.07, 6.45) is 0. The van der Waals surface area contributed by atoms with Gasteiger partial charge in [-0.25, -0.2) is 0 Å². The van der Waals surface area contributed by atoms with Crippen molar-refractivity contribution in [3.05, 3.63) is 59.1 Å². The van der Waals surface area contributed by atoms with Gasteiger partial charge in [0.2, 0.25) is 0 Å². The molecule has 0 bridgehead atoms. The molecular weight excluding hydrogens is 364 g/mol. The van der Waals surface area contributed by atoms with Crippen molar-refractivity contribution in [2.45, 2.75) is 6.04 Å². The Labute approximate surface area is 165 Å². The molecule has 0 heterocycles. The molecule has 0 aliphatic heterocycles.